The van der Waals surface area contributed by atoms with Crippen LogP contribution in [0.4, 0.5) is 5.69 Å². The topological polar surface area (TPSA) is 15.3 Å². The molecule has 0 spiro atoms. The van der Waals surface area contributed by atoms with Gasteiger partial charge in [0.25, 0.3) is 0 Å². The Bertz CT molecular complexity index is 484. The number of para-hydroxylation sites is 1. The summed E-state index contributed by atoms with van der Waals surface area (Å²) in [7, 11) is 0. The molecule has 1 saturated heterocycles. The molecule has 19 heavy (non-hydrogen) atoms. The third kappa shape index (κ3) is 2.49. The second-order valence-corrected chi connectivity index (χ2v) is 5.80. The van der Waals surface area contributed by atoms with E-state index in [1.54, 1.807) is 0 Å². The fourth-order valence-electron chi connectivity index (χ4n) is 2.77. The van der Waals surface area contributed by atoms with E-state index in [-0.39, 0.29) is 11.7 Å². The molecular formula is C17H20N2. The number of nitrogens with zero attached hydrogens (tertiary/aromatic N) is 1. The first-order valence-corrected chi connectivity index (χ1v) is 6.80. The Kier molecular flexibility index (Phi) is 3.03. The lowest BCUT2D eigenvalue weighted by atomic mass is 10.1. The highest BCUT2D eigenvalue weighted by Crippen LogP contribution is 2.33. The summed E-state index contributed by atoms with van der Waals surface area (Å²) >= 11 is 0. The van der Waals surface area contributed by atoms with Crippen LogP contribution in [-0.4, -0.2) is 12.1 Å². The Morgan fingerprint density at radius 2 is 1.53 bits per heavy atom. The third-order valence-electron chi connectivity index (χ3n) is 3.61. The molecule has 2 heteroatoms. The molecule has 1 aliphatic rings. The lowest BCUT2D eigenvalue weighted by Crippen LogP contribution is -2.35. The molecule has 0 radical (unpaired) electrons. The van der Waals surface area contributed by atoms with Crippen molar-refractivity contribution in [2.24, 2.45) is 0 Å². The van der Waals surface area contributed by atoms with E-state index in [0.717, 1.165) is 6.54 Å². The Labute approximate surface area is 115 Å². The van der Waals surface area contributed by atoms with Crippen LogP contribution in [0.5, 0.6) is 0 Å². The monoisotopic (exact) mass is 252 g/mol. The summed E-state index contributed by atoms with van der Waals surface area (Å²) < 4.78 is 0. The highest BCUT2D eigenvalue weighted by Gasteiger charge is 2.37. The molecule has 98 valence electrons. The van der Waals surface area contributed by atoms with E-state index in [0.29, 0.717) is 0 Å². The molecule has 2 nitrogen and oxygen atoms in total. The van der Waals surface area contributed by atoms with Gasteiger partial charge >= 0.3 is 0 Å². The summed E-state index contributed by atoms with van der Waals surface area (Å²) in [6, 6.07) is 21.3. The van der Waals surface area contributed by atoms with Crippen LogP contribution < -0.4 is 10.2 Å². The molecule has 1 atom stereocenters. The van der Waals surface area contributed by atoms with Crippen molar-refractivity contribution in [2.75, 3.05) is 11.4 Å². The number of rotatable bonds is 2. The molecule has 0 amide bonds. The summed E-state index contributed by atoms with van der Waals surface area (Å²) in [6.07, 6.45) is 0.249. The van der Waals surface area contributed by atoms with Gasteiger partial charge in [0.05, 0.1) is 0 Å². The summed E-state index contributed by atoms with van der Waals surface area (Å²) in [4.78, 5) is 2.44. The summed E-state index contributed by atoms with van der Waals surface area (Å²) in [6.45, 7) is 5.52. The first kappa shape index (κ1) is 12.2. The van der Waals surface area contributed by atoms with Crippen molar-refractivity contribution in [3.05, 3.63) is 66.2 Å². The zero-order valence-electron chi connectivity index (χ0n) is 11.5. The molecule has 1 fully saturated rings. The minimum atomic E-state index is 0.121. The predicted molar refractivity (Wildman–Crippen MR) is 80.2 cm³/mol. The predicted octanol–water partition coefficient (Wildman–Crippen LogP) is 3.57. The summed E-state index contributed by atoms with van der Waals surface area (Å²) in [5.74, 6) is 0. The Morgan fingerprint density at radius 3 is 2.16 bits per heavy atom. The smallest absolute Gasteiger partial charge is 0.106 e. The van der Waals surface area contributed by atoms with Gasteiger partial charge in [-0.1, -0.05) is 48.5 Å². The van der Waals surface area contributed by atoms with Gasteiger partial charge in [-0.15, -0.1) is 0 Å². The van der Waals surface area contributed by atoms with Crippen LogP contribution in [0.3, 0.4) is 0 Å². The van der Waals surface area contributed by atoms with E-state index in [1.165, 1.54) is 11.3 Å². The SMILES string of the molecule is CC1(C)CN(c2ccccc2)C(c2ccccc2)N1. The quantitative estimate of drug-likeness (QED) is 0.879. The first-order chi connectivity index (χ1) is 9.16. The third-order valence-corrected chi connectivity index (χ3v) is 3.61. The second-order valence-electron chi connectivity index (χ2n) is 5.80. The van der Waals surface area contributed by atoms with Gasteiger partial charge < -0.3 is 4.90 Å². The number of anilines is 1. The molecule has 1 aliphatic heterocycles. The minimum Gasteiger partial charge on any atom is -0.350 e. The first-order valence-electron chi connectivity index (χ1n) is 6.80. The fourth-order valence-corrected chi connectivity index (χ4v) is 2.77. The van der Waals surface area contributed by atoms with E-state index in [4.69, 9.17) is 0 Å². The standard InChI is InChI=1S/C17H20N2/c1-17(2)13-19(15-11-7-4-8-12-15)16(18-17)14-9-5-3-6-10-14/h3-12,16,18H,13H2,1-2H3. The summed E-state index contributed by atoms with van der Waals surface area (Å²) in [5, 5.41) is 3.72. The molecule has 1 unspecified atom stereocenters. The highest BCUT2D eigenvalue weighted by atomic mass is 15.4. The van der Waals surface area contributed by atoms with Crippen molar-refractivity contribution < 1.29 is 0 Å². The zero-order chi connectivity index (χ0) is 13.3. The van der Waals surface area contributed by atoms with Gasteiger partial charge in [0, 0.05) is 17.8 Å². The Balaban J connectivity index is 1.97. The highest BCUT2D eigenvalue weighted by molar-refractivity contribution is 5.50. The van der Waals surface area contributed by atoms with Crippen LogP contribution in [0.15, 0.2) is 60.7 Å². The molecule has 3 rings (SSSR count). The van der Waals surface area contributed by atoms with E-state index in [2.05, 4.69) is 84.7 Å². The van der Waals surface area contributed by atoms with Crippen molar-refractivity contribution in [3.63, 3.8) is 0 Å². The van der Waals surface area contributed by atoms with E-state index >= 15 is 0 Å². The second kappa shape index (κ2) is 4.71. The largest absolute Gasteiger partial charge is 0.350 e. The fraction of sp³-hybridized carbons (Fsp3) is 0.294. The van der Waals surface area contributed by atoms with Crippen LogP contribution in [0, 0.1) is 0 Å². The van der Waals surface area contributed by atoms with Gasteiger partial charge in [0.2, 0.25) is 0 Å². The average molecular weight is 252 g/mol. The van der Waals surface area contributed by atoms with Crippen LogP contribution in [0.2, 0.25) is 0 Å². The van der Waals surface area contributed by atoms with Gasteiger partial charge in [0.15, 0.2) is 0 Å². The van der Waals surface area contributed by atoms with Crippen molar-refractivity contribution in [2.45, 2.75) is 25.6 Å². The number of hydrogen-bond donors (Lipinski definition) is 1. The number of nitrogens with one attached hydrogen (secondary N) is 1. The Hall–Kier alpha value is -1.80. The lowest BCUT2D eigenvalue weighted by Gasteiger charge is -2.26. The van der Waals surface area contributed by atoms with Gasteiger partial charge in [-0.3, -0.25) is 5.32 Å². The van der Waals surface area contributed by atoms with Crippen LogP contribution in [-0.2, 0) is 0 Å². The van der Waals surface area contributed by atoms with Crippen molar-refractivity contribution >= 4 is 5.69 Å². The molecule has 1 N–H and O–H groups in total. The van der Waals surface area contributed by atoms with E-state index in [1.807, 2.05) is 0 Å². The van der Waals surface area contributed by atoms with Gasteiger partial charge in [-0.2, -0.15) is 0 Å². The molecule has 0 bridgehead atoms. The normalized spacial score (nSPS) is 21.6. The van der Waals surface area contributed by atoms with Crippen LogP contribution in [0.1, 0.15) is 25.6 Å². The van der Waals surface area contributed by atoms with Crippen molar-refractivity contribution in [1.29, 1.82) is 0 Å². The molecule has 1 heterocycles. The number of hydrogen-bond acceptors (Lipinski definition) is 2. The van der Waals surface area contributed by atoms with Gasteiger partial charge in [-0.05, 0) is 31.5 Å². The maximum Gasteiger partial charge on any atom is 0.106 e. The molecule has 0 aliphatic carbocycles. The molecular weight excluding hydrogens is 232 g/mol. The lowest BCUT2D eigenvalue weighted by molar-refractivity contribution is 0.450. The molecule has 2 aromatic rings. The van der Waals surface area contributed by atoms with Crippen LogP contribution >= 0.6 is 0 Å². The van der Waals surface area contributed by atoms with Crippen molar-refractivity contribution in [3.8, 4) is 0 Å². The van der Waals surface area contributed by atoms with E-state index in [9.17, 15) is 0 Å². The maximum atomic E-state index is 3.72. The summed E-state index contributed by atoms with van der Waals surface area (Å²) in [5.41, 5.74) is 2.71. The van der Waals surface area contributed by atoms with Gasteiger partial charge in [-0.25, -0.2) is 0 Å². The molecule has 0 aromatic heterocycles. The van der Waals surface area contributed by atoms with Gasteiger partial charge in [0.1, 0.15) is 6.17 Å². The number of benzene rings is 2. The van der Waals surface area contributed by atoms with E-state index < -0.39 is 0 Å². The maximum absolute atomic E-state index is 3.72. The zero-order valence-corrected chi connectivity index (χ0v) is 11.5. The molecule has 0 saturated carbocycles. The van der Waals surface area contributed by atoms with Crippen molar-refractivity contribution in [1.82, 2.24) is 5.32 Å². The van der Waals surface area contributed by atoms with Crippen LogP contribution in [0.25, 0.3) is 0 Å². The minimum absolute atomic E-state index is 0.121. The molecule has 2 aromatic carbocycles. The average Bonchev–Trinajstić information content (AvgIpc) is 2.77. The Morgan fingerprint density at radius 1 is 0.947 bits per heavy atom.